The summed E-state index contributed by atoms with van der Waals surface area (Å²) in [6, 6.07) is 0.631. The molecule has 1 aromatic heterocycles. The third kappa shape index (κ3) is 2.98. The molecule has 19 heavy (non-hydrogen) atoms. The highest BCUT2D eigenvalue weighted by molar-refractivity contribution is 4.98. The highest BCUT2D eigenvalue weighted by Gasteiger charge is 2.18. The topological polar surface area (TPSA) is 46.0 Å². The zero-order chi connectivity index (χ0) is 13.1. The van der Waals surface area contributed by atoms with Gasteiger partial charge in [-0.25, -0.2) is 0 Å². The summed E-state index contributed by atoms with van der Waals surface area (Å²) < 4.78 is 2.30. The van der Waals surface area contributed by atoms with E-state index in [1.807, 2.05) is 0 Å². The van der Waals surface area contributed by atoms with Crippen LogP contribution >= 0.6 is 0 Å². The molecule has 1 saturated heterocycles. The molecular formula is C14H25N5. The first kappa shape index (κ1) is 13.1. The molecule has 5 nitrogen and oxygen atoms in total. The molecule has 106 valence electrons. The molecule has 2 aliphatic heterocycles. The second kappa shape index (κ2) is 6.01. The van der Waals surface area contributed by atoms with Crippen molar-refractivity contribution >= 4 is 0 Å². The van der Waals surface area contributed by atoms with E-state index in [9.17, 15) is 0 Å². The summed E-state index contributed by atoms with van der Waals surface area (Å²) in [4.78, 5) is 2.58. The van der Waals surface area contributed by atoms with Crippen LogP contribution in [-0.4, -0.2) is 45.3 Å². The van der Waals surface area contributed by atoms with Gasteiger partial charge in [-0.15, -0.1) is 10.2 Å². The summed E-state index contributed by atoms with van der Waals surface area (Å²) in [5.41, 5.74) is 0. The van der Waals surface area contributed by atoms with E-state index >= 15 is 0 Å². The first-order valence-electron chi connectivity index (χ1n) is 7.70. The van der Waals surface area contributed by atoms with E-state index < -0.39 is 0 Å². The first-order chi connectivity index (χ1) is 9.34. The molecule has 0 spiro atoms. The number of rotatable bonds is 5. The maximum Gasteiger partial charge on any atom is 0.147 e. The maximum atomic E-state index is 4.33. The Hall–Kier alpha value is -0.940. The van der Waals surface area contributed by atoms with Crippen molar-refractivity contribution in [2.45, 2.75) is 58.2 Å². The number of hydrogen-bond acceptors (Lipinski definition) is 4. The molecule has 3 rings (SSSR count). The fraction of sp³-hybridized carbons (Fsp3) is 0.857. The number of aromatic nitrogens is 3. The van der Waals surface area contributed by atoms with Gasteiger partial charge in [0.05, 0.1) is 6.54 Å². The smallest absolute Gasteiger partial charge is 0.147 e. The Morgan fingerprint density at radius 2 is 1.89 bits per heavy atom. The maximum absolute atomic E-state index is 4.33. The quantitative estimate of drug-likeness (QED) is 0.867. The predicted molar refractivity (Wildman–Crippen MR) is 74.9 cm³/mol. The SMILES string of the molecule is CC(CNCc1nnc2n1CCCC2)N1CCCC1. The third-order valence-electron chi connectivity index (χ3n) is 4.42. The molecule has 1 unspecified atom stereocenters. The summed E-state index contributed by atoms with van der Waals surface area (Å²) >= 11 is 0. The molecule has 3 heterocycles. The van der Waals surface area contributed by atoms with Crippen molar-refractivity contribution in [3.8, 4) is 0 Å². The van der Waals surface area contributed by atoms with Crippen molar-refractivity contribution in [1.82, 2.24) is 25.0 Å². The predicted octanol–water partition coefficient (Wildman–Crippen LogP) is 1.19. The van der Waals surface area contributed by atoms with E-state index in [1.54, 1.807) is 0 Å². The summed E-state index contributed by atoms with van der Waals surface area (Å²) in [5, 5.41) is 12.2. The van der Waals surface area contributed by atoms with Crippen LogP contribution < -0.4 is 5.32 Å². The largest absolute Gasteiger partial charge is 0.314 e. The van der Waals surface area contributed by atoms with E-state index in [0.29, 0.717) is 6.04 Å². The third-order valence-corrected chi connectivity index (χ3v) is 4.42. The fourth-order valence-electron chi connectivity index (χ4n) is 3.20. The molecule has 0 radical (unpaired) electrons. The lowest BCUT2D eigenvalue weighted by molar-refractivity contribution is 0.251. The van der Waals surface area contributed by atoms with Gasteiger partial charge in [-0.2, -0.15) is 0 Å². The van der Waals surface area contributed by atoms with Crippen molar-refractivity contribution in [3.63, 3.8) is 0 Å². The Morgan fingerprint density at radius 3 is 2.74 bits per heavy atom. The number of nitrogens with zero attached hydrogens (tertiary/aromatic N) is 4. The van der Waals surface area contributed by atoms with Gasteiger partial charge in [0, 0.05) is 25.6 Å². The Labute approximate surface area is 115 Å². The molecule has 1 N–H and O–H groups in total. The van der Waals surface area contributed by atoms with Crippen LogP contribution in [0.2, 0.25) is 0 Å². The molecule has 0 saturated carbocycles. The van der Waals surface area contributed by atoms with Crippen LogP contribution in [0.3, 0.4) is 0 Å². The van der Waals surface area contributed by atoms with Crippen molar-refractivity contribution in [2.24, 2.45) is 0 Å². The Morgan fingerprint density at radius 1 is 1.11 bits per heavy atom. The monoisotopic (exact) mass is 263 g/mol. The standard InChI is InChI=1S/C14H25N5/c1-12(18-7-4-5-8-18)10-15-11-14-17-16-13-6-2-3-9-19(13)14/h12,15H,2-11H2,1H3. The number of hydrogen-bond donors (Lipinski definition) is 1. The number of fused-ring (bicyclic) bond motifs is 1. The summed E-state index contributed by atoms with van der Waals surface area (Å²) in [5.74, 6) is 2.29. The highest BCUT2D eigenvalue weighted by atomic mass is 15.3. The van der Waals surface area contributed by atoms with E-state index in [2.05, 4.69) is 31.9 Å². The minimum absolute atomic E-state index is 0.631. The van der Waals surface area contributed by atoms with Gasteiger partial charge in [0.25, 0.3) is 0 Å². The molecule has 0 aromatic carbocycles. The van der Waals surface area contributed by atoms with Crippen LogP contribution in [-0.2, 0) is 19.5 Å². The molecule has 1 atom stereocenters. The number of nitrogens with one attached hydrogen (secondary N) is 1. The van der Waals surface area contributed by atoms with Crippen molar-refractivity contribution in [1.29, 1.82) is 0 Å². The number of aryl methyl sites for hydroxylation is 1. The Balaban J connectivity index is 1.48. The minimum atomic E-state index is 0.631. The molecule has 1 fully saturated rings. The van der Waals surface area contributed by atoms with Crippen molar-refractivity contribution in [3.05, 3.63) is 11.6 Å². The van der Waals surface area contributed by atoms with E-state index in [4.69, 9.17) is 0 Å². The van der Waals surface area contributed by atoms with E-state index in [1.165, 1.54) is 44.6 Å². The van der Waals surface area contributed by atoms with Gasteiger partial charge in [0.2, 0.25) is 0 Å². The van der Waals surface area contributed by atoms with Crippen molar-refractivity contribution in [2.75, 3.05) is 19.6 Å². The van der Waals surface area contributed by atoms with Gasteiger partial charge in [0.1, 0.15) is 11.6 Å². The van der Waals surface area contributed by atoms with E-state index in [0.717, 1.165) is 31.9 Å². The molecular weight excluding hydrogens is 238 g/mol. The van der Waals surface area contributed by atoms with Crippen LogP contribution in [0.5, 0.6) is 0 Å². The first-order valence-corrected chi connectivity index (χ1v) is 7.70. The molecule has 1 aromatic rings. The van der Waals surface area contributed by atoms with Gasteiger partial charge in [-0.05, 0) is 45.7 Å². The van der Waals surface area contributed by atoms with Gasteiger partial charge < -0.3 is 9.88 Å². The second-order valence-corrected chi connectivity index (χ2v) is 5.86. The van der Waals surface area contributed by atoms with Crippen LogP contribution in [0.4, 0.5) is 0 Å². The number of likely N-dealkylation sites (tertiary alicyclic amines) is 1. The van der Waals surface area contributed by atoms with Crippen LogP contribution in [0.1, 0.15) is 44.3 Å². The lowest BCUT2D eigenvalue weighted by Crippen LogP contribution is -2.38. The Kier molecular flexibility index (Phi) is 4.13. The summed E-state index contributed by atoms with van der Waals surface area (Å²) in [7, 11) is 0. The lowest BCUT2D eigenvalue weighted by Gasteiger charge is -2.24. The van der Waals surface area contributed by atoms with Crippen LogP contribution in [0, 0.1) is 0 Å². The van der Waals surface area contributed by atoms with Gasteiger partial charge in [-0.1, -0.05) is 0 Å². The molecule has 0 aliphatic carbocycles. The molecule has 0 amide bonds. The van der Waals surface area contributed by atoms with Gasteiger partial charge in [0.15, 0.2) is 0 Å². The lowest BCUT2D eigenvalue weighted by atomic mass is 10.2. The molecule has 0 bridgehead atoms. The average Bonchev–Trinajstić information content (AvgIpc) is 3.08. The Bertz CT molecular complexity index is 408. The van der Waals surface area contributed by atoms with E-state index in [-0.39, 0.29) is 0 Å². The fourth-order valence-corrected chi connectivity index (χ4v) is 3.20. The summed E-state index contributed by atoms with van der Waals surface area (Å²) in [6.07, 6.45) is 6.35. The zero-order valence-corrected chi connectivity index (χ0v) is 11.9. The minimum Gasteiger partial charge on any atom is -0.314 e. The van der Waals surface area contributed by atoms with Crippen LogP contribution in [0.15, 0.2) is 0 Å². The van der Waals surface area contributed by atoms with Gasteiger partial charge >= 0.3 is 0 Å². The van der Waals surface area contributed by atoms with Crippen LogP contribution in [0.25, 0.3) is 0 Å². The highest BCUT2D eigenvalue weighted by Crippen LogP contribution is 2.14. The van der Waals surface area contributed by atoms with Crippen molar-refractivity contribution < 1.29 is 0 Å². The van der Waals surface area contributed by atoms with Gasteiger partial charge in [-0.3, -0.25) is 4.90 Å². The molecule has 2 aliphatic rings. The summed E-state index contributed by atoms with van der Waals surface area (Å²) in [6.45, 7) is 7.85. The average molecular weight is 263 g/mol. The molecule has 5 heteroatoms. The zero-order valence-electron chi connectivity index (χ0n) is 11.9. The normalized spacial score (nSPS) is 21.5. The second-order valence-electron chi connectivity index (χ2n) is 5.86.